The van der Waals surface area contributed by atoms with Crippen molar-refractivity contribution >= 4 is 23.1 Å². The van der Waals surface area contributed by atoms with E-state index < -0.39 is 6.71 Å². The van der Waals surface area contributed by atoms with Crippen LogP contribution in [0.5, 0.6) is 0 Å². The van der Waals surface area contributed by atoms with E-state index in [-0.39, 0.29) is 54.4 Å². The first-order chi connectivity index (χ1) is 45.0. The summed E-state index contributed by atoms with van der Waals surface area (Å²) in [5.41, 5.74) is 25.4. The second-order valence-electron chi connectivity index (χ2n) is 23.0. The molecule has 414 valence electrons. The highest BCUT2D eigenvalue weighted by Gasteiger charge is 2.36. The minimum atomic E-state index is -0.478. The molecule has 0 bridgehead atoms. The highest BCUT2D eigenvalue weighted by Crippen LogP contribution is 2.42. The van der Waals surface area contributed by atoms with E-state index in [1.54, 1.807) is 0 Å². The van der Waals surface area contributed by atoms with Crippen molar-refractivity contribution in [3.8, 4) is 100 Å². The van der Waals surface area contributed by atoms with E-state index in [0.717, 1.165) is 133 Å². The van der Waals surface area contributed by atoms with Crippen molar-refractivity contribution in [2.45, 2.75) is 83.1 Å². The zero-order chi connectivity index (χ0) is 67.0. The minimum absolute atomic E-state index is 0.121. The predicted molar refractivity (Wildman–Crippen MR) is 370 cm³/mol. The van der Waals surface area contributed by atoms with Crippen molar-refractivity contribution in [2.75, 3.05) is 0 Å². The van der Waals surface area contributed by atoms with E-state index in [1.165, 1.54) is 0 Å². The van der Waals surface area contributed by atoms with Gasteiger partial charge in [-0.05, 0) is 271 Å². The molecule has 0 unspecified atom stereocenters. The molecule has 0 saturated carbocycles. The molecule has 0 aliphatic heterocycles. The average Bonchev–Trinajstić information content (AvgIpc) is 0.718. The molecular formula is C84H75B. The molecule has 0 amide bonds. The highest BCUT2D eigenvalue weighted by molar-refractivity contribution is 6.97. The SMILES string of the molecule is [2H]c1c(-c2ccccc2)c([2H])c(-c2c(C)c(C)c(B(c3c(C)c(C)c(-c4c([2H])c(-c5ccccc5)c([2H])c(-c5ccccc5)c4[2H])c(C)c3C)c3c(C)c(C)c(-c4c([2H])c(-c5ccccc5)c([2H])c(-c5ccccc5)c4[2H])c(C)c3C)c(C)c2C)c([2H])c1-c1ccccc1. The molecule has 0 saturated heterocycles. The third-order valence-electron chi connectivity index (χ3n) is 18.3. The Morgan fingerprint density at radius 2 is 0.318 bits per heavy atom. The second-order valence-corrected chi connectivity index (χ2v) is 23.0. The summed E-state index contributed by atoms with van der Waals surface area (Å²) in [4.78, 5) is 0. The largest absolute Gasteiger partial charge is 0.243 e. The number of rotatable bonds is 12. The van der Waals surface area contributed by atoms with Gasteiger partial charge in [-0.25, -0.2) is 0 Å². The second kappa shape index (κ2) is 23.4. The van der Waals surface area contributed by atoms with Crippen LogP contribution in [0, 0.1) is 83.1 Å². The molecule has 0 fully saturated rings. The molecule has 0 aliphatic carbocycles. The molecule has 0 heterocycles. The fraction of sp³-hybridized carbons (Fsp3) is 0.143. The zero-order valence-corrected chi connectivity index (χ0v) is 50.9. The lowest BCUT2D eigenvalue weighted by Crippen LogP contribution is -2.58. The Hall–Kier alpha value is -9.30. The fourth-order valence-electron chi connectivity index (χ4n) is 13.2. The summed E-state index contributed by atoms with van der Waals surface area (Å²) in [6.45, 7) is 25.2. The Morgan fingerprint density at radius 3 is 0.471 bits per heavy atom. The minimum Gasteiger partial charge on any atom is -0.0623 e. The lowest BCUT2D eigenvalue weighted by Gasteiger charge is -2.33. The van der Waals surface area contributed by atoms with Crippen LogP contribution in [0.15, 0.2) is 236 Å². The normalized spacial score (nSPS) is 12.8. The average molecular weight is 1100 g/mol. The Morgan fingerprint density at radius 1 is 0.176 bits per heavy atom. The molecule has 0 aromatic heterocycles. The predicted octanol–water partition coefficient (Wildman–Crippen LogP) is 20.9. The molecule has 0 aliphatic rings. The zero-order valence-electron chi connectivity index (χ0n) is 59.9. The maximum atomic E-state index is 10.2. The van der Waals surface area contributed by atoms with Gasteiger partial charge in [0.2, 0.25) is 6.71 Å². The van der Waals surface area contributed by atoms with Crippen LogP contribution in [0.1, 0.15) is 79.1 Å². The topological polar surface area (TPSA) is 0 Å². The lowest BCUT2D eigenvalue weighted by molar-refractivity contribution is 1.25. The van der Waals surface area contributed by atoms with Gasteiger partial charge >= 0.3 is 0 Å². The Balaban J connectivity index is 1.19. The fourth-order valence-corrected chi connectivity index (χ4v) is 13.2. The van der Waals surface area contributed by atoms with Crippen LogP contribution in [0.2, 0.25) is 0 Å². The van der Waals surface area contributed by atoms with Crippen LogP contribution in [0.25, 0.3) is 100 Å². The van der Waals surface area contributed by atoms with E-state index >= 15 is 0 Å². The van der Waals surface area contributed by atoms with Gasteiger partial charge in [0.1, 0.15) is 0 Å². The summed E-state index contributed by atoms with van der Waals surface area (Å²) in [6.07, 6.45) is 0. The summed E-state index contributed by atoms with van der Waals surface area (Å²) in [5, 5.41) is 0. The lowest BCUT2D eigenvalue weighted by atomic mass is 9.32. The molecule has 12 aromatic carbocycles. The first-order valence-corrected chi connectivity index (χ1v) is 29.6. The van der Waals surface area contributed by atoms with Gasteiger partial charge in [-0.2, -0.15) is 0 Å². The Bertz CT molecular complexity index is 4240. The number of hydrogen-bond donors (Lipinski definition) is 0. The van der Waals surface area contributed by atoms with Crippen LogP contribution in [-0.4, -0.2) is 6.71 Å². The van der Waals surface area contributed by atoms with Gasteiger partial charge in [0.25, 0.3) is 0 Å². The van der Waals surface area contributed by atoms with Crippen LogP contribution in [0.3, 0.4) is 0 Å². The van der Waals surface area contributed by atoms with Gasteiger partial charge in [-0.3, -0.25) is 0 Å². The first kappa shape index (κ1) is 46.1. The van der Waals surface area contributed by atoms with Crippen molar-refractivity contribution in [3.05, 3.63) is 303 Å². The number of hydrogen-bond acceptors (Lipinski definition) is 0. The molecular weight excluding hydrogens is 1020 g/mol. The molecule has 12 rings (SSSR count). The van der Waals surface area contributed by atoms with E-state index in [0.29, 0.717) is 50.1 Å². The molecule has 1 heteroatoms. The van der Waals surface area contributed by atoms with E-state index in [2.05, 4.69) is 83.1 Å². The molecule has 0 nitrogen and oxygen atoms in total. The van der Waals surface area contributed by atoms with Gasteiger partial charge in [0, 0.05) is 0 Å². The molecule has 85 heavy (non-hydrogen) atoms. The Kier molecular flexibility index (Phi) is 12.7. The van der Waals surface area contributed by atoms with Crippen LogP contribution in [0.4, 0.5) is 0 Å². The quantitative estimate of drug-likeness (QED) is 0.107. The smallest absolute Gasteiger partial charge is 0.0623 e. The van der Waals surface area contributed by atoms with Gasteiger partial charge in [0.15, 0.2) is 0 Å². The van der Waals surface area contributed by atoms with Crippen molar-refractivity contribution in [1.82, 2.24) is 0 Å². The monoisotopic (exact) mass is 1100 g/mol. The third kappa shape index (κ3) is 10.4. The van der Waals surface area contributed by atoms with Crippen molar-refractivity contribution < 1.29 is 12.3 Å². The van der Waals surface area contributed by atoms with Crippen LogP contribution in [-0.2, 0) is 0 Å². The van der Waals surface area contributed by atoms with E-state index in [9.17, 15) is 12.3 Å². The van der Waals surface area contributed by atoms with Crippen LogP contribution < -0.4 is 16.4 Å². The Labute approximate surface area is 519 Å². The van der Waals surface area contributed by atoms with Gasteiger partial charge in [-0.1, -0.05) is 232 Å². The summed E-state index contributed by atoms with van der Waals surface area (Å²) in [5.74, 6) is 0. The highest BCUT2D eigenvalue weighted by atomic mass is 14.3. The van der Waals surface area contributed by atoms with E-state index in [1.807, 2.05) is 182 Å². The third-order valence-corrected chi connectivity index (χ3v) is 18.3. The van der Waals surface area contributed by atoms with Gasteiger partial charge < -0.3 is 0 Å². The molecule has 0 atom stereocenters. The summed E-state index contributed by atoms with van der Waals surface area (Å²) in [6, 6.07) is 59.1. The van der Waals surface area contributed by atoms with Crippen LogP contribution >= 0.6 is 0 Å². The summed E-state index contributed by atoms with van der Waals surface area (Å²) in [7, 11) is 0. The molecule has 0 N–H and O–H groups in total. The molecule has 0 spiro atoms. The van der Waals surface area contributed by atoms with Crippen molar-refractivity contribution in [1.29, 1.82) is 0 Å². The van der Waals surface area contributed by atoms with Crippen molar-refractivity contribution in [3.63, 3.8) is 0 Å². The molecule has 0 radical (unpaired) electrons. The first-order valence-electron chi connectivity index (χ1n) is 34.1. The van der Waals surface area contributed by atoms with Crippen molar-refractivity contribution in [2.24, 2.45) is 0 Å². The summed E-state index contributed by atoms with van der Waals surface area (Å²) >= 11 is 0. The standard InChI is InChI=1S/C84H75B/c1-52-58(7)82(59(8)53(2)79(52)76-46-70(64-31-19-13-20-32-64)43-71(47-76)65-33-21-14-22-34-65)85(83-60(9)54(3)80(55(4)61(83)10)77-48-72(66-35-23-15-24-36-66)44-73(49-77)67-37-25-16-26-38-67)84-62(11)56(5)81(57(6)63(84)12)78-50-74(68-39-27-17-28-40-68)45-75(51-78)69-41-29-18-30-42-69/h13-51H,1-12H3/i43D,44D,45D,46D,47D,48D,49D,50D,51D. The maximum absolute atomic E-state index is 10.2. The maximum Gasteiger partial charge on any atom is 0.243 e. The van der Waals surface area contributed by atoms with E-state index in [4.69, 9.17) is 0 Å². The summed E-state index contributed by atoms with van der Waals surface area (Å²) < 4.78 is 90.6. The number of benzene rings is 12. The van der Waals surface area contributed by atoms with Gasteiger partial charge in [0.05, 0.1) is 12.3 Å². The van der Waals surface area contributed by atoms with Gasteiger partial charge in [-0.15, -0.1) is 0 Å². The molecule has 12 aromatic rings.